The summed E-state index contributed by atoms with van der Waals surface area (Å²) in [5.41, 5.74) is 6.96. The van der Waals surface area contributed by atoms with Crippen molar-refractivity contribution in [1.29, 1.82) is 0 Å². The Bertz CT molecular complexity index is 1700. The molecule has 0 saturated heterocycles. The number of benzene rings is 4. The summed E-state index contributed by atoms with van der Waals surface area (Å²) < 4.78 is 3.94. The summed E-state index contributed by atoms with van der Waals surface area (Å²) in [5, 5.41) is 12.8. The molecule has 0 spiro atoms. The summed E-state index contributed by atoms with van der Waals surface area (Å²) in [5.74, 6) is 0.693. The van der Waals surface area contributed by atoms with E-state index >= 15 is 0 Å². The van der Waals surface area contributed by atoms with Crippen LogP contribution in [0, 0.1) is 6.33 Å². The Morgan fingerprint density at radius 3 is 2.54 bits per heavy atom. The molecule has 0 aliphatic heterocycles. The van der Waals surface area contributed by atoms with E-state index < -0.39 is 0 Å². The highest BCUT2D eigenvalue weighted by Crippen LogP contribution is 2.30. The van der Waals surface area contributed by atoms with Crippen molar-refractivity contribution in [2.45, 2.75) is 19.8 Å². The third kappa shape index (κ3) is 3.64. The molecule has 0 aliphatic rings. The highest BCUT2D eigenvalue weighted by Gasteiger charge is 2.15. The van der Waals surface area contributed by atoms with Crippen LogP contribution >= 0.6 is 0 Å². The van der Waals surface area contributed by atoms with Gasteiger partial charge in [-0.05, 0) is 52.8 Å². The molecule has 0 amide bonds. The lowest BCUT2D eigenvalue weighted by Crippen LogP contribution is -2.29. The third-order valence-electron chi connectivity index (χ3n) is 6.52. The predicted octanol–water partition coefficient (Wildman–Crippen LogP) is 6.75. The fourth-order valence-electron chi connectivity index (χ4n) is 4.66. The maximum absolute atomic E-state index is 10.5. The summed E-state index contributed by atoms with van der Waals surface area (Å²) in [6, 6.07) is 32.6. The predicted molar refractivity (Wildman–Crippen MR) is 140 cm³/mol. The first kappa shape index (κ1) is 21.1. The Hall–Kier alpha value is -4.44. The summed E-state index contributed by atoms with van der Waals surface area (Å²) in [4.78, 5) is 4.76. The molecule has 0 atom stereocenters. The quantitative estimate of drug-likeness (QED) is 0.236. The largest absolute Gasteiger partial charge is 0.511 e. The molecule has 4 aromatic carbocycles. The van der Waals surface area contributed by atoms with Gasteiger partial charge in [0, 0.05) is 11.6 Å². The van der Waals surface area contributed by atoms with Gasteiger partial charge in [0.1, 0.15) is 11.4 Å². The van der Waals surface area contributed by atoms with Crippen molar-refractivity contribution in [3.63, 3.8) is 0 Å². The van der Waals surface area contributed by atoms with Crippen LogP contribution in [0.25, 0.3) is 44.4 Å². The van der Waals surface area contributed by atoms with Crippen molar-refractivity contribution in [2.24, 2.45) is 0 Å². The molecule has 1 N–H and O–H groups in total. The average Bonchev–Trinajstić information content (AvgIpc) is 3.28. The number of imidazole rings is 1. The minimum absolute atomic E-state index is 0.214. The number of pyridine rings is 1. The van der Waals surface area contributed by atoms with Crippen LogP contribution in [0.4, 0.5) is 0 Å². The van der Waals surface area contributed by atoms with E-state index in [2.05, 4.69) is 74.8 Å². The maximum Gasteiger partial charge on any atom is 0.269 e. The van der Waals surface area contributed by atoms with Gasteiger partial charge in [-0.1, -0.05) is 80.6 Å². The van der Waals surface area contributed by atoms with Crippen LogP contribution in [0.2, 0.25) is 0 Å². The molecule has 2 aromatic heterocycles. The van der Waals surface area contributed by atoms with E-state index in [1.165, 1.54) is 10.9 Å². The summed E-state index contributed by atoms with van der Waals surface area (Å²) in [6.45, 7) is 4.43. The second-order valence-corrected chi connectivity index (χ2v) is 9.09. The number of aromatic hydroxyl groups is 1. The Balaban J connectivity index is 1.52. The maximum atomic E-state index is 10.5. The molecular formula is C31H25N3O. The SMILES string of the molecule is CC(C)c1ccc2c(-c3cccc(-[n+]4[c-]n(-c5ccccc5O)c5ccccc54)c3)nccc2c1. The number of phenols is 1. The van der Waals surface area contributed by atoms with Crippen molar-refractivity contribution in [3.05, 3.63) is 115 Å². The lowest BCUT2D eigenvalue weighted by atomic mass is 9.97. The van der Waals surface area contributed by atoms with Gasteiger partial charge in [-0.2, -0.15) is 0 Å². The van der Waals surface area contributed by atoms with Crippen molar-refractivity contribution in [2.75, 3.05) is 0 Å². The first-order valence-electron chi connectivity index (χ1n) is 11.8. The fourth-order valence-corrected chi connectivity index (χ4v) is 4.66. The summed E-state index contributed by atoms with van der Waals surface area (Å²) in [6.07, 6.45) is 5.34. The standard InChI is InChI=1S/C31H25N3O/c1-21(2)22-14-15-26-23(18-22)16-17-32-31(26)24-8-7-9-25(19-24)33-20-34(28-11-4-3-10-27(28)33)29-12-5-6-13-30(29)35/h3-19,21,35H,1-2H3. The summed E-state index contributed by atoms with van der Waals surface area (Å²) >= 11 is 0. The van der Waals surface area contributed by atoms with Crippen molar-refractivity contribution < 1.29 is 9.67 Å². The van der Waals surface area contributed by atoms with E-state index in [4.69, 9.17) is 4.98 Å². The molecule has 170 valence electrons. The Morgan fingerprint density at radius 2 is 1.69 bits per heavy atom. The Morgan fingerprint density at radius 1 is 0.857 bits per heavy atom. The molecule has 6 rings (SSSR count). The van der Waals surface area contributed by atoms with Gasteiger partial charge >= 0.3 is 0 Å². The number of hydrogen-bond acceptors (Lipinski definition) is 2. The number of fused-ring (bicyclic) bond motifs is 2. The van der Waals surface area contributed by atoms with Gasteiger partial charge in [0.2, 0.25) is 0 Å². The number of para-hydroxylation sites is 4. The van der Waals surface area contributed by atoms with Gasteiger partial charge in [-0.25, -0.2) is 0 Å². The van der Waals surface area contributed by atoms with E-state index in [1.54, 1.807) is 6.07 Å². The molecule has 2 heterocycles. The van der Waals surface area contributed by atoms with Crippen LogP contribution in [0.1, 0.15) is 25.3 Å². The number of phenolic OH excluding ortho intramolecular Hbond substituents is 1. The highest BCUT2D eigenvalue weighted by molar-refractivity contribution is 5.95. The first-order valence-corrected chi connectivity index (χ1v) is 11.8. The Kier molecular flexibility index (Phi) is 5.07. The average molecular weight is 456 g/mol. The molecule has 0 saturated carbocycles. The molecule has 4 nitrogen and oxygen atoms in total. The van der Waals surface area contributed by atoms with Gasteiger partial charge in [-0.15, -0.1) is 0 Å². The number of hydrogen-bond donors (Lipinski definition) is 1. The van der Waals surface area contributed by atoms with E-state index in [9.17, 15) is 5.11 Å². The first-order chi connectivity index (χ1) is 17.1. The van der Waals surface area contributed by atoms with E-state index in [0.29, 0.717) is 11.6 Å². The molecule has 4 heteroatoms. The van der Waals surface area contributed by atoms with E-state index in [0.717, 1.165) is 33.4 Å². The highest BCUT2D eigenvalue weighted by atomic mass is 16.3. The Labute approximate surface area is 204 Å². The zero-order valence-corrected chi connectivity index (χ0v) is 19.7. The van der Waals surface area contributed by atoms with Crippen LogP contribution < -0.4 is 4.57 Å². The molecule has 0 unspecified atom stereocenters. The smallest absolute Gasteiger partial charge is 0.269 e. The lowest BCUT2D eigenvalue weighted by Gasteiger charge is -2.11. The van der Waals surface area contributed by atoms with Crippen molar-refractivity contribution in [3.8, 4) is 28.4 Å². The number of rotatable bonds is 4. The van der Waals surface area contributed by atoms with Gasteiger partial charge in [0.25, 0.3) is 6.33 Å². The second kappa shape index (κ2) is 8.41. The van der Waals surface area contributed by atoms with Crippen LogP contribution in [0.5, 0.6) is 5.75 Å². The third-order valence-corrected chi connectivity index (χ3v) is 6.52. The van der Waals surface area contributed by atoms with Crippen LogP contribution in [-0.4, -0.2) is 14.7 Å². The van der Waals surface area contributed by atoms with E-state index in [1.807, 2.05) is 51.7 Å². The number of aromatic nitrogens is 3. The minimum atomic E-state index is 0.214. The van der Waals surface area contributed by atoms with E-state index in [-0.39, 0.29) is 5.75 Å². The monoisotopic (exact) mass is 455 g/mol. The molecule has 0 fully saturated rings. The molecule has 6 aromatic rings. The van der Waals surface area contributed by atoms with Gasteiger partial charge in [0.05, 0.1) is 22.4 Å². The van der Waals surface area contributed by atoms with Crippen molar-refractivity contribution >= 4 is 21.8 Å². The van der Waals surface area contributed by atoms with Gasteiger partial charge in [-0.3, -0.25) is 14.1 Å². The van der Waals surface area contributed by atoms with Gasteiger partial charge in [0.15, 0.2) is 0 Å². The topological polar surface area (TPSA) is 41.9 Å². The van der Waals surface area contributed by atoms with Crippen LogP contribution in [-0.2, 0) is 0 Å². The zero-order valence-electron chi connectivity index (χ0n) is 19.7. The van der Waals surface area contributed by atoms with Gasteiger partial charge < -0.3 is 5.11 Å². The number of nitrogens with zero attached hydrogens (tertiary/aromatic N) is 3. The molecule has 35 heavy (non-hydrogen) atoms. The second-order valence-electron chi connectivity index (χ2n) is 9.09. The molecular weight excluding hydrogens is 430 g/mol. The van der Waals surface area contributed by atoms with Crippen molar-refractivity contribution in [1.82, 2.24) is 9.55 Å². The molecule has 0 radical (unpaired) electrons. The zero-order chi connectivity index (χ0) is 23.9. The van der Waals surface area contributed by atoms with Crippen LogP contribution in [0.15, 0.2) is 103 Å². The lowest BCUT2D eigenvalue weighted by molar-refractivity contribution is -0.572. The fraction of sp³-hybridized carbons (Fsp3) is 0.0968. The summed E-state index contributed by atoms with van der Waals surface area (Å²) in [7, 11) is 0. The molecule has 0 aliphatic carbocycles. The molecule has 0 bridgehead atoms. The normalized spacial score (nSPS) is 11.5. The van der Waals surface area contributed by atoms with Crippen LogP contribution in [0.3, 0.4) is 0 Å². The minimum Gasteiger partial charge on any atom is -0.511 e.